The highest BCUT2D eigenvalue weighted by atomic mass is 32.1. The third-order valence-electron chi connectivity index (χ3n) is 2.05. The Hall–Kier alpha value is -1.10. The first-order valence-corrected chi connectivity index (χ1v) is 5.32. The van der Waals surface area contributed by atoms with Crippen LogP contribution in [0.4, 0.5) is 0 Å². The first-order chi connectivity index (χ1) is 6.91. The molecule has 0 spiro atoms. The number of thiocarbonyl (C=S) groups is 1. The van der Waals surface area contributed by atoms with Gasteiger partial charge in [0.05, 0.1) is 17.7 Å². The molecule has 0 saturated carbocycles. The van der Waals surface area contributed by atoms with Crippen LogP contribution >= 0.6 is 12.2 Å². The topological polar surface area (TPSA) is 50.4 Å². The zero-order valence-electron chi connectivity index (χ0n) is 9.38. The summed E-state index contributed by atoms with van der Waals surface area (Å²) in [5.74, 6) is -0.294. The highest BCUT2D eigenvalue weighted by Crippen LogP contribution is 2.14. The Bertz CT molecular complexity index is 323. The quantitative estimate of drug-likeness (QED) is 0.547. The minimum Gasteiger partial charge on any atom is -0.460 e. The molecule has 0 aliphatic carbocycles. The second-order valence-corrected chi connectivity index (χ2v) is 4.22. The van der Waals surface area contributed by atoms with Crippen LogP contribution in [0.1, 0.15) is 27.7 Å². The van der Waals surface area contributed by atoms with Crippen molar-refractivity contribution in [2.24, 2.45) is 0 Å². The second kappa shape index (κ2) is 4.61. The van der Waals surface area contributed by atoms with Gasteiger partial charge in [0.25, 0.3) is 0 Å². The molecule has 0 saturated heterocycles. The molecule has 0 aromatic heterocycles. The zero-order chi connectivity index (χ0) is 11.6. The molecule has 0 fully saturated rings. The van der Waals surface area contributed by atoms with Gasteiger partial charge < -0.3 is 15.4 Å². The summed E-state index contributed by atoms with van der Waals surface area (Å²) in [5, 5.41) is 6.43. The molecule has 1 aliphatic heterocycles. The number of ether oxygens (including phenoxy) is 1. The van der Waals surface area contributed by atoms with Gasteiger partial charge in [0.2, 0.25) is 0 Å². The lowest BCUT2D eigenvalue weighted by molar-refractivity contribution is -0.143. The number of hydrogen-bond donors (Lipinski definition) is 2. The van der Waals surface area contributed by atoms with Crippen LogP contribution in [-0.2, 0) is 9.53 Å². The number of carbonyl (C=O) groups is 1. The summed E-state index contributed by atoms with van der Waals surface area (Å²) in [7, 11) is 0. The van der Waals surface area contributed by atoms with Crippen molar-refractivity contribution in [1.82, 2.24) is 10.6 Å². The zero-order valence-corrected chi connectivity index (χ0v) is 10.2. The monoisotopic (exact) mass is 228 g/mol. The standard InChI is InChI=1S/C10H16N2O2S/c1-5(2)14-9(13)8-6(3)11-10(15)12-7(8)4/h5-6H,1-4H3,(H2,11,12,15)/t6-/m0/s1. The molecule has 4 nitrogen and oxygen atoms in total. The molecule has 1 aliphatic rings. The Morgan fingerprint density at radius 1 is 1.53 bits per heavy atom. The van der Waals surface area contributed by atoms with Crippen LogP contribution in [0.15, 0.2) is 11.3 Å². The van der Waals surface area contributed by atoms with E-state index in [1.165, 1.54) is 0 Å². The minimum absolute atomic E-state index is 0.106. The van der Waals surface area contributed by atoms with E-state index in [1.54, 1.807) is 0 Å². The van der Waals surface area contributed by atoms with Crippen LogP contribution in [-0.4, -0.2) is 23.2 Å². The van der Waals surface area contributed by atoms with Crippen molar-refractivity contribution in [2.45, 2.75) is 39.8 Å². The summed E-state index contributed by atoms with van der Waals surface area (Å²) in [6.07, 6.45) is -0.112. The van der Waals surface area contributed by atoms with Crippen LogP contribution in [0.3, 0.4) is 0 Å². The predicted molar refractivity (Wildman–Crippen MR) is 62.3 cm³/mol. The van der Waals surface area contributed by atoms with Gasteiger partial charge in [-0.3, -0.25) is 0 Å². The molecule has 0 aromatic rings. The molecule has 0 aromatic carbocycles. The molecule has 0 amide bonds. The fourth-order valence-corrected chi connectivity index (χ4v) is 1.80. The van der Waals surface area contributed by atoms with Crippen molar-refractivity contribution in [3.63, 3.8) is 0 Å². The fourth-order valence-electron chi connectivity index (χ4n) is 1.47. The van der Waals surface area contributed by atoms with E-state index in [9.17, 15) is 4.79 Å². The van der Waals surface area contributed by atoms with Gasteiger partial charge in [-0.25, -0.2) is 4.79 Å². The summed E-state index contributed by atoms with van der Waals surface area (Å²) < 4.78 is 5.15. The van der Waals surface area contributed by atoms with E-state index in [-0.39, 0.29) is 18.1 Å². The number of allylic oxidation sites excluding steroid dienone is 1. The summed E-state index contributed by atoms with van der Waals surface area (Å²) in [6, 6.07) is -0.106. The molecular formula is C10H16N2O2S. The van der Waals surface area contributed by atoms with Gasteiger partial charge >= 0.3 is 5.97 Å². The molecule has 1 rings (SSSR count). The van der Waals surface area contributed by atoms with Crippen LogP contribution in [0.2, 0.25) is 0 Å². The molecular weight excluding hydrogens is 212 g/mol. The maximum absolute atomic E-state index is 11.7. The third-order valence-corrected chi connectivity index (χ3v) is 2.27. The van der Waals surface area contributed by atoms with Crippen molar-refractivity contribution in [3.05, 3.63) is 11.3 Å². The van der Waals surface area contributed by atoms with Gasteiger partial charge in [-0.1, -0.05) is 0 Å². The highest BCUT2D eigenvalue weighted by Gasteiger charge is 2.26. The van der Waals surface area contributed by atoms with Gasteiger partial charge in [0.1, 0.15) is 0 Å². The van der Waals surface area contributed by atoms with Gasteiger partial charge in [-0.15, -0.1) is 0 Å². The van der Waals surface area contributed by atoms with Crippen LogP contribution in [0.5, 0.6) is 0 Å². The summed E-state index contributed by atoms with van der Waals surface area (Å²) >= 11 is 4.98. The summed E-state index contributed by atoms with van der Waals surface area (Å²) in [4.78, 5) is 11.7. The van der Waals surface area contributed by atoms with Gasteiger partial charge in [-0.05, 0) is 39.9 Å². The first-order valence-electron chi connectivity index (χ1n) is 4.91. The van der Waals surface area contributed by atoms with Crippen molar-refractivity contribution in [2.75, 3.05) is 0 Å². The third kappa shape index (κ3) is 2.92. The Labute approximate surface area is 95.1 Å². The highest BCUT2D eigenvalue weighted by molar-refractivity contribution is 7.80. The molecule has 2 N–H and O–H groups in total. The van der Waals surface area contributed by atoms with Gasteiger partial charge in [0.15, 0.2) is 5.11 Å². The van der Waals surface area contributed by atoms with Crippen LogP contribution < -0.4 is 10.6 Å². The molecule has 1 atom stereocenters. The molecule has 84 valence electrons. The average Bonchev–Trinajstić information content (AvgIpc) is 1.99. The lowest BCUT2D eigenvalue weighted by Gasteiger charge is -2.27. The van der Waals surface area contributed by atoms with E-state index in [0.717, 1.165) is 5.70 Å². The van der Waals surface area contributed by atoms with Crippen molar-refractivity contribution < 1.29 is 9.53 Å². The molecule has 0 radical (unpaired) electrons. The van der Waals surface area contributed by atoms with Crippen molar-refractivity contribution >= 4 is 23.3 Å². The number of nitrogens with one attached hydrogen (secondary N) is 2. The smallest absolute Gasteiger partial charge is 0.338 e. The van der Waals surface area contributed by atoms with E-state index < -0.39 is 0 Å². The Kier molecular flexibility index (Phi) is 3.68. The van der Waals surface area contributed by atoms with E-state index in [2.05, 4.69) is 10.6 Å². The maximum Gasteiger partial charge on any atom is 0.338 e. The normalized spacial score (nSPS) is 21.1. The maximum atomic E-state index is 11.7. The second-order valence-electron chi connectivity index (χ2n) is 3.81. The lowest BCUT2D eigenvalue weighted by atomic mass is 10.1. The number of hydrogen-bond acceptors (Lipinski definition) is 3. The fraction of sp³-hybridized carbons (Fsp3) is 0.600. The summed E-state index contributed by atoms with van der Waals surface area (Å²) in [6.45, 7) is 7.35. The largest absolute Gasteiger partial charge is 0.460 e. The first kappa shape index (κ1) is 12.0. The van der Waals surface area contributed by atoms with E-state index in [4.69, 9.17) is 17.0 Å². The average molecular weight is 228 g/mol. The summed E-state index contributed by atoms with van der Waals surface area (Å²) in [5.41, 5.74) is 1.37. The van der Waals surface area contributed by atoms with Gasteiger partial charge in [-0.2, -0.15) is 0 Å². The Balaban J connectivity index is 2.87. The molecule has 15 heavy (non-hydrogen) atoms. The number of esters is 1. The van der Waals surface area contributed by atoms with Crippen molar-refractivity contribution in [1.29, 1.82) is 0 Å². The molecule has 0 unspecified atom stereocenters. The lowest BCUT2D eigenvalue weighted by Crippen LogP contribution is -2.48. The van der Waals surface area contributed by atoms with Crippen molar-refractivity contribution in [3.8, 4) is 0 Å². The van der Waals surface area contributed by atoms with E-state index >= 15 is 0 Å². The van der Waals surface area contributed by atoms with Crippen LogP contribution in [0, 0.1) is 0 Å². The molecule has 1 heterocycles. The predicted octanol–water partition coefficient (Wildman–Crippen LogP) is 1.08. The number of carbonyl (C=O) groups excluding carboxylic acids is 1. The minimum atomic E-state index is -0.294. The Morgan fingerprint density at radius 2 is 2.13 bits per heavy atom. The Morgan fingerprint density at radius 3 is 2.60 bits per heavy atom. The van der Waals surface area contributed by atoms with Crippen LogP contribution in [0.25, 0.3) is 0 Å². The SMILES string of the molecule is CC1=C(C(=O)OC(C)C)[C@H](C)NC(=S)N1. The molecule has 5 heteroatoms. The van der Waals surface area contributed by atoms with E-state index in [1.807, 2.05) is 27.7 Å². The van der Waals surface area contributed by atoms with Gasteiger partial charge in [0, 0.05) is 5.70 Å². The number of rotatable bonds is 2. The molecule has 0 bridgehead atoms. The van der Waals surface area contributed by atoms with E-state index in [0.29, 0.717) is 10.7 Å².